The quantitative estimate of drug-likeness (QED) is 0.459. The summed E-state index contributed by atoms with van der Waals surface area (Å²) >= 11 is 6.12. The van der Waals surface area contributed by atoms with E-state index in [-0.39, 0.29) is 13.0 Å². The second-order valence-electron chi connectivity index (χ2n) is 5.04. The molecule has 0 aliphatic rings. The Morgan fingerprint density at radius 2 is 2.18 bits per heavy atom. The molecule has 2 aromatic rings. The maximum atomic E-state index is 11.6. The first-order valence-electron chi connectivity index (χ1n) is 6.87. The summed E-state index contributed by atoms with van der Waals surface area (Å²) in [7, 11) is 0. The molecule has 22 heavy (non-hydrogen) atoms. The zero-order chi connectivity index (χ0) is 16.3. The highest BCUT2D eigenvalue weighted by Crippen LogP contribution is 2.32. The average Bonchev–Trinajstić information content (AvgIpc) is 2.81. The van der Waals surface area contributed by atoms with Crippen LogP contribution in [0.4, 0.5) is 0 Å². The first kappa shape index (κ1) is 16.3. The topological polar surface area (TPSA) is 82.6 Å². The highest BCUT2D eigenvalue weighted by atomic mass is 35.5. The third kappa shape index (κ3) is 3.76. The van der Waals surface area contributed by atoms with E-state index in [9.17, 15) is 14.9 Å². The van der Waals surface area contributed by atoms with Gasteiger partial charge in [0.25, 0.3) is 0 Å². The van der Waals surface area contributed by atoms with Gasteiger partial charge in [-0.3, -0.25) is 14.9 Å². The van der Waals surface area contributed by atoms with Gasteiger partial charge in [0.15, 0.2) is 5.58 Å². The lowest BCUT2D eigenvalue weighted by Gasteiger charge is -2.09. The van der Waals surface area contributed by atoms with Crippen LogP contribution in [0.2, 0.25) is 5.02 Å². The van der Waals surface area contributed by atoms with Crippen molar-refractivity contribution in [3.63, 3.8) is 0 Å². The van der Waals surface area contributed by atoms with Crippen LogP contribution in [0, 0.1) is 17.0 Å². The normalized spacial score (nSPS) is 12.3. The van der Waals surface area contributed by atoms with Crippen molar-refractivity contribution in [2.24, 2.45) is 0 Å². The van der Waals surface area contributed by atoms with E-state index in [0.717, 1.165) is 10.9 Å². The smallest absolute Gasteiger partial charge is 0.306 e. The lowest BCUT2D eigenvalue weighted by Crippen LogP contribution is -2.17. The van der Waals surface area contributed by atoms with Crippen molar-refractivity contribution in [1.82, 2.24) is 0 Å². The largest absolute Gasteiger partial charge is 0.466 e. The van der Waals surface area contributed by atoms with E-state index in [2.05, 4.69) is 0 Å². The van der Waals surface area contributed by atoms with Gasteiger partial charge in [-0.1, -0.05) is 11.6 Å². The first-order valence-corrected chi connectivity index (χ1v) is 7.25. The van der Waals surface area contributed by atoms with Crippen molar-refractivity contribution in [1.29, 1.82) is 0 Å². The molecule has 0 radical (unpaired) electrons. The van der Waals surface area contributed by atoms with Crippen LogP contribution in [0.1, 0.15) is 30.6 Å². The molecular weight excluding hydrogens is 310 g/mol. The van der Waals surface area contributed by atoms with E-state index in [4.69, 9.17) is 20.8 Å². The fourth-order valence-electron chi connectivity index (χ4n) is 2.33. The van der Waals surface area contributed by atoms with Crippen LogP contribution in [0.3, 0.4) is 0 Å². The number of rotatable bonds is 6. The van der Waals surface area contributed by atoms with Gasteiger partial charge in [0.1, 0.15) is 5.76 Å². The van der Waals surface area contributed by atoms with E-state index < -0.39 is 23.4 Å². The fraction of sp³-hybridized carbons (Fsp3) is 0.400. The van der Waals surface area contributed by atoms with Crippen LogP contribution in [0.25, 0.3) is 11.0 Å². The lowest BCUT2D eigenvalue weighted by molar-refractivity contribution is -0.483. The summed E-state index contributed by atoms with van der Waals surface area (Å²) in [6.07, 6.45) is -0.106. The van der Waals surface area contributed by atoms with Gasteiger partial charge in [-0.15, -0.1) is 0 Å². The zero-order valence-corrected chi connectivity index (χ0v) is 13.1. The molecule has 1 aromatic carbocycles. The van der Waals surface area contributed by atoms with Crippen LogP contribution in [0.15, 0.2) is 22.6 Å². The Morgan fingerprint density at radius 1 is 1.45 bits per heavy atom. The minimum Gasteiger partial charge on any atom is -0.466 e. The van der Waals surface area contributed by atoms with Crippen LogP contribution >= 0.6 is 11.6 Å². The summed E-state index contributed by atoms with van der Waals surface area (Å²) < 4.78 is 10.5. The van der Waals surface area contributed by atoms with Crippen LogP contribution < -0.4 is 0 Å². The fourth-order valence-corrected chi connectivity index (χ4v) is 2.65. The number of furan rings is 1. The van der Waals surface area contributed by atoms with E-state index in [1.807, 2.05) is 13.0 Å². The molecular formula is C15H16ClNO5. The third-order valence-electron chi connectivity index (χ3n) is 3.22. The molecule has 118 valence electrons. The van der Waals surface area contributed by atoms with E-state index >= 15 is 0 Å². The van der Waals surface area contributed by atoms with Crippen molar-refractivity contribution in [2.75, 3.05) is 13.2 Å². The number of carbonyl (C=O) groups is 1. The van der Waals surface area contributed by atoms with E-state index in [1.54, 1.807) is 19.1 Å². The third-order valence-corrected chi connectivity index (χ3v) is 3.51. The molecule has 0 aliphatic carbocycles. The summed E-state index contributed by atoms with van der Waals surface area (Å²) in [5.74, 6) is -0.804. The number of fused-ring (bicyclic) bond motifs is 1. The van der Waals surface area contributed by atoms with Gasteiger partial charge >= 0.3 is 5.97 Å². The molecule has 1 aromatic heterocycles. The van der Waals surface area contributed by atoms with Gasteiger partial charge in [0, 0.05) is 10.3 Å². The molecule has 0 saturated heterocycles. The summed E-state index contributed by atoms with van der Waals surface area (Å²) in [6.45, 7) is 3.40. The summed E-state index contributed by atoms with van der Waals surface area (Å²) in [5.41, 5.74) is 1.43. The molecule has 1 heterocycles. The number of benzene rings is 1. The molecule has 0 fully saturated rings. The Morgan fingerprint density at radius 3 is 2.82 bits per heavy atom. The number of halogens is 1. The average molecular weight is 326 g/mol. The molecule has 0 amide bonds. The second-order valence-corrected chi connectivity index (χ2v) is 5.44. The Kier molecular flexibility index (Phi) is 5.03. The number of nitrogens with zero attached hydrogens (tertiary/aromatic N) is 1. The number of carbonyl (C=O) groups excluding carboxylic acids is 1. The highest BCUT2D eigenvalue weighted by Gasteiger charge is 2.26. The Hall–Kier alpha value is -2.08. The maximum absolute atomic E-state index is 11.6. The number of aryl methyl sites for hydroxylation is 1. The van der Waals surface area contributed by atoms with Gasteiger partial charge in [-0.25, -0.2) is 0 Å². The van der Waals surface area contributed by atoms with Crippen LogP contribution in [-0.2, 0) is 9.53 Å². The summed E-state index contributed by atoms with van der Waals surface area (Å²) in [5, 5.41) is 12.0. The van der Waals surface area contributed by atoms with E-state index in [1.165, 1.54) is 0 Å². The Labute approximate surface area is 132 Å². The number of hydrogen-bond acceptors (Lipinski definition) is 5. The van der Waals surface area contributed by atoms with Crippen molar-refractivity contribution in [2.45, 2.75) is 26.2 Å². The summed E-state index contributed by atoms with van der Waals surface area (Å²) in [4.78, 5) is 22.0. The predicted octanol–water partition coefficient (Wildman–Crippen LogP) is 3.71. The Bertz CT molecular complexity index is 709. The molecule has 1 unspecified atom stereocenters. The maximum Gasteiger partial charge on any atom is 0.306 e. The van der Waals surface area contributed by atoms with E-state index in [0.29, 0.717) is 16.4 Å². The zero-order valence-electron chi connectivity index (χ0n) is 12.3. The van der Waals surface area contributed by atoms with Gasteiger partial charge in [-0.2, -0.15) is 0 Å². The number of esters is 1. The van der Waals surface area contributed by atoms with Crippen molar-refractivity contribution in [3.05, 3.63) is 44.7 Å². The van der Waals surface area contributed by atoms with Crippen LogP contribution in [-0.4, -0.2) is 24.0 Å². The molecule has 6 nitrogen and oxygen atoms in total. The SMILES string of the molecule is CCOC(=O)CC(C[N+](=O)[O-])c1cc2cc(C)cc(Cl)c2o1. The Balaban J connectivity index is 2.36. The number of ether oxygens (including phenoxy) is 1. The number of hydrogen-bond donors (Lipinski definition) is 0. The van der Waals surface area contributed by atoms with Crippen LogP contribution in [0.5, 0.6) is 0 Å². The van der Waals surface area contributed by atoms with Gasteiger partial charge in [-0.05, 0) is 37.6 Å². The van der Waals surface area contributed by atoms with Crippen molar-refractivity contribution >= 4 is 28.5 Å². The highest BCUT2D eigenvalue weighted by molar-refractivity contribution is 6.34. The van der Waals surface area contributed by atoms with Gasteiger partial charge < -0.3 is 9.15 Å². The lowest BCUT2D eigenvalue weighted by atomic mass is 10.0. The molecule has 0 N–H and O–H groups in total. The number of nitro groups is 1. The van der Waals surface area contributed by atoms with Gasteiger partial charge in [0.2, 0.25) is 6.54 Å². The van der Waals surface area contributed by atoms with Crippen molar-refractivity contribution < 1.29 is 18.9 Å². The van der Waals surface area contributed by atoms with Gasteiger partial charge in [0.05, 0.1) is 24.0 Å². The first-order chi connectivity index (χ1) is 10.4. The molecule has 7 heteroatoms. The molecule has 0 aliphatic heterocycles. The molecule has 0 spiro atoms. The minimum atomic E-state index is -0.683. The monoisotopic (exact) mass is 325 g/mol. The summed E-state index contributed by atoms with van der Waals surface area (Å²) in [6, 6.07) is 5.33. The second kappa shape index (κ2) is 6.79. The molecule has 2 rings (SSSR count). The minimum absolute atomic E-state index is 0.106. The molecule has 0 bridgehead atoms. The standard InChI is InChI=1S/C15H16ClNO5/c1-3-21-14(18)7-11(8-17(19)20)13-6-10-4-9(2)5-12(16)15(10)22-13/h4-6,11H,3,7-8H2,1-2H3. The van der Waals surface area contributed by atoms with Crippen molar-refractivity contribution in [3.8, 4) is 0 Å². The molecule has 1 atom stereocenters. The predicted molar refractivity (Wildman–Crippen MR) is 81.8 cm³/mol. The molecule has 0 saturated carbocycles.